The van der Waals surface area contributed by atoms with Gasteiger partial charge in [0.05, 0.1) is 12.6 Å². The van der Waals surface area contributed by atoms with E-state index in [1.807, 2.05) is 47.9 Å². The first kappa shape index (κ1) is 16.7. The number of hydrogen-bond acceptors (Lipinski definition) is 3. The highest BCUT2D eigenvalue weighted by Crippen LogP contribution is 2.25. The van der Waals surface area contributed by atoms with Gasteiger partial charge < -0.3 is 9.88 Å². The number of likely N-dealkylation sites (tertiary alicyclic amines) is 1. The van der Waals surface area contributed by atoms with Crippen molar-refractivity contribution < 1.29 is 9.59 Å². The number of likely N-dealkylation sites (N-methyl/N-ethyl adjacent to an activating group) is 1. The van der Waals surface area contributed by atoms with Gasteiger partial charge in [-0.15, -0.1) is 0 Å². The van der Waals surface area contributed by atoms with E-state index in [4.69, 9.17) is 0 Å². The molecule has 2 aromatic rings. The third kappa shape index (κ3) is 3.08. The van der Waals surface area contributed by atoms with Gasteiger partial charge in [0, 0.05) is 35.8 Å². The number of nitrogens with zero attached hydrogens (tertiary/aromatic N) is 2. The second kappa shape index (κ2) is 7.18. The van der Waals surface area contributed by atoms with Crippen molar-refractivity contribution in [2.75, 3.05) is 26.2 Å². The SMILES string of the molecule is CCN(CC)C(=O)CN1CCCC1C(=O)c1c[nH]c2ccccc12. The van der Waals surface area contributed by atoms with Crippen molar-refractivity contribution in [2.45, 2.75) is 32.7 Å². The van der Waals surface area contributed by atoms with Gasteiger partial charge in [0.25, 0.3) is 0 Å². The molecule has 1 atom stereocenters. The van der Waals surface area contributed by atoms with Crippen LogP contribution in [-0.2, 0) is 4.79 Å². The van der Waals surface area contributed by atoms with Crippen LogP contribution in [0, 0.1) is 0 Å². The van der Waals surface area contributed by atoms with Gasteiger partial charge in [0.1, 0.15) is 0 Å². The summed E-state index contributed by atoms with van der Waals surface area (Å²) < 4.78 is 0. The van der Waals surface area contributed by atoms with E-state index in [1.165, 1.54) is 0 Å². The number of fused-ring (bicyclic) bond motifs is 1. The minimum atomic E-state index is -0.191. The van der Waals surface area contributed by atoms with Crippen LogP contribution in [0.5, 0.6) is 0 Å². The Morgan fingerprint density at radius 2 is 2.00 bits per heavy atom. The van der Waals surface area contributed by atoms with Crippen molar-refractivity contribution >= 4 is 22.6 Å². The molecule has 1 aromatic heterocycles. The van der Waals surface area contributed by atoms with Gasteiger partial charge in [-0.2, -0.15) is 0 Å². The van der Waals surface area contributed by atoms with E-state index in [0.717, 1.165) is 35.9 Å². The molecular weight excluding hydrogens is 302 g/mol. The quantitative estimate of drug-likeness (QED) is 0.830. The molecule has 2 heterocycles. The number of aromatic amines is 1. The molecule has 24 heavy (non-hydrogen) atoms. The number of H-pyrrole nitrogens is 1. The van der Waals surface area contributed by atoms with E-state index in [2.05, 4.69) is 4.98 Å². The van der Waals surface area contributed by atoms with Crippen LogP contribution in [0.3, 0.4) is 0 Å². The van der Waals surface area contributed by atoms with E-state index in [1.54, 1.807) is 6.20 Å². The lowest BCUT2D eigenvalue weighted by molar-refractivity contribution is -0.132. The summed E-state index contributed by atoms with van der Waals surface area (Å²) in [6.45, 7) is 6.54. The van der Waals surface area contributed by atoms with Crippen molar-refractivity contribution in [3.63, 3.8) is 0 Å². The molecule has 5 nitrogen and oxygen atoms in total. The lowest BCUT2D eigenvalue weighted by Gasteiger charge is -2.26. The van der Waals surface area contributed by atoms with Gasteiger partial charge in [-0.3, -0.25) is 14.5 Å². The van der Waals surface area contributed by atoms with Crippen LogP contribution in [0.15, 0.2) is 30.5 Å². The van der Waals surface area contributed by atoms with Crippen molar-refractivity contribution in [1.29, 1.82) is 0 Å². The molecule has 0 spiro atoms. The molecule has 3 rings (SSSR count). The standard InChI is InChI=1S/C19H25N3O2/c1-3-21(4-2)18(23)13-22-11-7-10-17(22)19(24)15-12-20-16-9-6-5-8-14(15)16/h5-6,8-9,12,17,20H,3-4,7,10-11,13H2,1-2H3. The van der Waals surface area contributed by atoms with E-state index < -0.39 is 0 Å². The van der Waals surface area contributed by atoms with Gasteiger partial charge >= 0.3 is 0 Å². The van der Waals surface area contributed by atoms with Crippen LogP contribution in [0.2, 0.25) is 0 Å². The van der Waals surface area contributed by atoms with Crippen LogP contribution in [0.4, 0.5) is 0 Å². The molecule has 1 fully saturated rings. The van der Waals surface area contributed by atoms with Crippen LogP contribution in [-0.4, -0.2) is 58.7 Å². The lowest BCUT2D eigenvalue weighted by Crippen LogP contribution is -2.44. The molecule has 1 amide bonds. The highest BCUT2D eigenvalue weighted by Gasteiger charge is 2.33. The molecule has 1 saturated heterocycles. The van der Waals surface area contributed by atoms with Gasteiger partial charge in [0.15, 0.2) is 5.78 Å². The molecule has 128 valence electrons. The summed E-state index contributed by atoms with van der Waals surface area (Å²) in [7, 11) is 0. The number of amides is 1. The van der Waals surface area contributed by atoms with E-state index in [0.29, 0.717) is 19.6 Å². The zero-order valence-corrected chi connectivity index (χ0v) is 14.4. The number of carbonyl (C=O) groups is 2. The number of Topliss-reactive ketones (excluding diaryl/α,β-unsaturated/α-hetero) is 1. The van der Waals surface area contributed by atoms with E-state index in [9.17, 15) is 9.59 Å². The molecule has 0 saturated carbocycles. The van der Waals surface area contributed by atoms with Crippen LogP contribution >= 0.6 is 0 Å². The normalized spacial score (nSPS) is 18.2. The molecule has 1 aliphatic rings. The fraction of sp³-hybridized carbons (Fsp3) is 0.474. The number of hydrogen-bond donors (Lipinski definition) is 1. The molecule has 1 aliphatic heterocycles. The van der Waals surface area contributed by atoms with Crippen molar-refractivity contribution in [3.8, 4) is 0 Å². The summed E-state index contributed by atoms with van der Waals surface area (Å²) in [5, 5.41) is 0.962. The Balaban J connectivity index is 1.77. The molecule has 0 aliphatic carbocycles. The molecule has 1 N–H and O–H groups in total. The maximum Gasteiger partial charge on any atom is 0.236 e. The van der Waals surface area contributed by atoms with E-state index >= 15 is 0 Å². The van der Waals surface area contributed by atoms with Crippen molar-refractivity contribution in [3.05, 3.63) is 36.0 Å². The van der Waals surface area contributed by atoms with Gasteiger partial charge in [-0.1, -0.05) is 18.2 Å². The monoisotopic (exact) mass is 327 g/mol. The van der Waals surface area contributed by atoms with Gasteiger partial charge in [-0.05, 0) is 39.3 Å². The second-order valence-electron chi connectivity index (χ2n) is 6.31. The minimum absolute atomic E-state index is 0.110. The Bertz CT molecular complexity index is 733. The summed E-state index contributed by atoms with van der Waals surface area (Å²) >= 11 is 0. The van der Waals surface area contributed by atoms with Crippen LogP contribution < -0.4 is 0 Å². The molecular formula is C19H25N3O2. The number of carbonyl (C=O) groups excluding carboxylic acids is 2. The number of nitrogens with one attached hydrogen (secondary N) is 1. The first-order chi connectivity index (χ1) is 11.7. The third-order valence-corrected chi connectivity index (χ3v) is 4.98. The van der Waals surface area contributed by atoms with E-state index in [-0.39, 0.29) is 17.7 Å². The molecule has 1 unspecified atom stereocenters. The zero-order valence-electron chi connectivity index (χ0n) is 14.4. The zero-order chi connectivity index (χ0) is 17.1. The van der Waals surface area contributed by atoms with Crippen LogP contribution in [0.25, 0.3) is 10.9 Å². The van der Waals surface area contributed by atoms with Crippen molar-refractivity contribution in [2.24, 2.45) is 0 Å². The number of benzene rings is 1. The van der Waals surface area contributed by atoms with Gasteiger partial charge in [-0.25, -0.2) is 0 Å². The Hall–Kier alpha value is -2.14. The lowest BCUT2D eigenvalue weighted by atomic mass is 10.0. The smallest absolute Gasteiger partial charge is 0.236 e. The summed E-state index contributed by atoms with van der Waals surface area (Å²) in [4.78, 5) is 32.5. The number of aromatic nitrogens is 1. The van der Waals surface area contributed by atoms with Gasteiger partial charge in [0.2, 0.25) is 5.91 Å². The predicted molar refractivity (Wildman–Crippen MR) is 95.2 cm³/mol. The largest absolute Gasteiger partial charge is 0.360 e. The minimum Gasteiger partial charge on any atom is -0.360 e. The predicted octanol–water partition coefficient (Wildman–Crippen LogP) is 2.68. The first-order valence-corrected chi connectivity index (χ1v) is 8.77. The summed E-state index contributed by atoms with van der Waals surface area (Å²) in [5.74, 6) is 0.232. The fourth-order valence-electron chi connectivity index (χ4n) is 3.62. The summed E-state index contributed by atoms with van der Waals surface area (Å²) in [5.41, 5.74) is 1.71. The number of para-hydroxylation sites is 1. The Labute approximate surface area is 142 Å². The third-order valence-electron chi connectivity index (χ3n) is 4.98. The molecule has 0 radical (unpaired) electrons. The number of ketones is 1. The second-order valence-corrected chi connectivity index (χ2v) is 6.31. The highest BCUT2D eigenvalue weighted by atomic mass is 16.2. The molecule has 0 bridgehead atoms. The fourth-order valence-corrected chi connectivity index (χ4v) is 3.62. The first-order valence-electron chi connectivity index (χ1n) is 8.77. The maximum atomic E-state index is 13.0. The Morgan fingerprint density at radius 3 is 2.75 bits per heavy atom. The summed E-state index contributed by atoms with van der Waals surface area (Å²) in [6.07, 6.45) is 3.59. The summed E-state index contributed by atoms with van der Waals surface area (Å²) in [6, 6.07) is 7.66. The maximum absolute atomic E-state index is 13.0. The Morgan fingerprint density at radius 1 is 1.25 bits per heavy atom. The average Bonchev–Trinajstić information content (AvgIpc) is 3.22. The molecule has 5 heteroatoms. The Kier molecular flexibility index (Phi) is 5.00. The average molecular weight is 327 g/mol. The van der Waals surface area contributed by atoms with Crippen LogP contribution in [0.1, 0.15) is 37.0 Å². The topological polar surface area (TPSA) is 56.4 Å². The van der Waals surface area contributed by atoms with Crippen molar-refractivity contribution in [1.82, 2.24) is 14.8 Å². The number of rotatable bonds is 6. The molecule has 1 aromatic carbocycles. The highest BCUT2D eigenvalue weighted by molar-refractivity contribution is 6.10.